The lowest BCUT2D eigenvalue weighted by Gasteiger charge is -2.26. The summed E-state index contributed by atoms with van der Waals surface area (Å²) in [6.07, 6.45) is 3.83. The zero-order chi connectivity index (χ0) is 13.3. The molecule has 1 saturated heterocycles. The molecule has 3 atom stereocenters. The van der Waals surface area contributed by atoms with Gasteiger partial charge in [0.05, 0.1) is 6.10 Å². The second kappa shape index (κ2) is 5.17. The van der Waals surface area contributed by atoms with E-state index in [9.17, 15) is 4.79 Å². The van der Waals surface area contributed by atoms with Crippen molar-refractivity contribution in [1.82, 2.24) is 5.32 Å². The Bertz CT molecular complexity index is 307. The van der Waals surface area contributed by atoms with Gasteiger partial charge in [0.25, 0.3) is 0 Å². The number of nitrogens with one attached hydrogen (secondary N) is 1. The van der Waals surface area contributed by atoms with E-state index in [1.165, 1.54) is 12.8 Å². The van der Waals surface area contributed by atoms with Crippen molar-refractivity contribution in [2.24, 2.45) is 5.92 Å². The summed E-state index contributed by atoms with van der Waals surface area (Å²) in [7, 11) is 0. The molecule has 1 aliphatic carbocycles. The average molecular weight is 255 g/mol. The molecule has 1 saturated carbocycles. The predicted molar refractivity (Wildman–Crippen MR) is 69.3 cm³/mol. The van der Waals surface area contributed by atoms with Crippen LogP contribution in [0.3, 0.4) is 0 Å². The molecule has 2 aliphatic rings. The quantitative estimate of drug-likeness (QED) is 0.779. The standard InChI is InChI=1S/C14H25NO3/c1-9(13(16)18-14(2,3)4)15-11-7-8-17-12(11)10-5-6-10/h9-12,15H,5-8H2,1-4H3/t9-,11-,12-/m0/s1. The van der Waals surface area contributed by atoms with Crippen LogP contribution in [0, 0.1) is 5.92 Å². The minimum Gasteiger partial charge on any atom is -0.459 e. The molecule has 0 bridgehead atoms. The molecule has 104 valence electrons. The SMILES string of the molecule is C[C@H](N[C@H]1CCO[C@H]1C1CC1)C(=O)OC(C)(C)C. The van der Waals surface area contributed by atoms with E-state index in [1.54, 1.807) is 0 Å². The smallest absolute Gasteiger partial charge is 0.323 e. The van der Waals surface area contributed by atoms with Crippen molar-refractivity contribution in [2.75, 3.05) is 6.61 Å². The molecule has 1 aliphatic heterocycles. The third kappa shape index (κ3) is 3.69. The Morgan fingerprint density at radius 3 is 2.56 bits per heavy atom. The average Bonchev–Trinajstić information content (AvgIpc) is 2.97. The van der Waals surface area contributed by atoms with E-state index in [0.717, 1.165) is 13.0 Å². The van der Waals surface area contributed by atoms with Gasteiger partial charge in [-0.1, -0.05) is 0 Å². The highest BCUT2D eigenvalue weighted by Gasteiger charge is 2.41. The molecular weight excluding hydrogens is 230 g/mol. The highest BCUT2D eigenvalue weighted by molar-refractivity contribution is 5.75. The summed E-state index contributed by atoms with van der Waals surface area (Å²) < 4.78 is 11.1. The van der Waals surface area contributed by atoms with Crippen molar-refractivity contribution in [2.45, 2.75) is 70.7 Å². The van der Waals surface area contributed by atoms with Gasteiger partial charge >= 0.3 is 5.97 Å². The van der Waals surface area contributed by atoms with Gasteiger partial charge in [0, 0.05) is 12.6 Å². The van der Waals surface area contributed by atoms with Gasteiger partial charge < -0.3 is 9.47 Å². The summed E-state index contributed by atoms with van der Waals surface area (Å²) in [4.78, 5) is 11.9. The van der Waals surface area contributed by atoms with Crippen molar-refractivity contribution in [1.29, 1.82) is 0 Å². The summed E-state index contributed by atoms with van der Waals surface area (Å²) in [5, 5.41) is 3.37. The van der Waals surface area contributed by atoms with Crippen molar-refractivity contribution >= 4 is 5.97 Å². The molecule has 0 aromatic rings. The third-order valence-electron chi connectivity index (χ3n) is 3.45. The van der Waals surface area contributed by atoms with Crippen molar-refractivity contribution in [3.8, 4) is 0 Å². The van der Waals surface area contributed by atoms with Crippen LogP contribution in [0.4, 0.5) is 0 Å². The number of ether oxygens (including phenoxy) is 2. The van der Waals surface area contributed by atoms with Crippen LogP contribution >= 0.6 is 0 Å². The lowest BCUT2D eigenvalue weighted by molar-refractivity contribution is -0.157. The highest BCUT2D eigenvalue weighted by atomic mass is 16.6. The first-order chi connectivity index (χ1) is 8.37. The number of carbonyl (C=O) groups excluding carboxylic acids is 1. The van der Waals surface area contributed by atoms with Gasteiger partial charge in [-0.2, -0.15) is 0 Å². The molecule has 0 aromatic heterocycles. The first-order valence-corrected chi connectivity index (χ1v) is 6.97. The second-order valence-corrected chi connectivity index (χ2v) is 6.49. The number of hydrogen-bond acceptors (Lipinski definition) is 4. The molecule has 1 N–H and O–H groups in total. The molecule has 18 heavy (non-hydrogen) atoms. The summed E-state index contributed by atoms with van der Waals surface area (Å²) in [6, 6.07) is 0.0391. The fourth-order valence-corrected chi connectivity index (χ4v) is 2.46. The Morgan fingerprint density at radius 2 is 2.00 bits per heavy atom. The normalized spacial score (nSPS) is 30.2. The lowest BCUT2D eigenvalue weighted by Crippen LogP contribution is -2.47. The predicted octanol–water partition coefficient (Wildman–Crippen LogP) is 1.87. The number of rotatable bonds is 4. The second-order valence-electron chi connectivity index (χ2n) is 6.49. The zero-order valence-corrected chi connectivity index (χ0v) is 11.9. The van der Waals surface area contributed by atoms with E-state index >= 15 is 0 Å². The maximum absolute atomic E-state index is 11.9. The zero-order valence-electron chi connectivity index (χ0n) is 11.9. The van der Waals surface area contributed by atoms with Gasteiger partial charge in [-0.15, -0.1) is 0 Å². The Hall–Kier alpha value is -0.610. The molecule has 4 nitrogen and oxygen atoms in total. The summed E-state index contributed by atoms with van der Waals surface area (Å²) in [5.74, 6) is 0.528. The molecule has 2 fully saturated rings. The molecule has 0 amide bonds. The van der Waals surface area contributed by atoms with Crippen LogP contribution in [0.2, 0.25) is 0 Å². The topological polar surface area (TPSA) is 47.6 Å². The maximum atomic E-state index is 11.9. The molecule has 0 radical (unpaired) electrons. The molecule has 4 heteroatoms. The van der Waals surface area contributed by atoms with E-state index in [-0.39, 0.29) is 12.0 Å². The molecule has 0 unspecified atom stereocenters. The summed E-state index contributed by atoms with van der Waals surface area (Å²) in [5.41, 5.74) is -0.422. The first kappa shape index (κ1) is 13.8. The fraction of sp³-hybridized carbons (Fsp3) is 0.929. The van der Waals surface area contributed by atoms with E-state index in [2.05, 4.69) is 5.32 Å². The summed E-state index contributed by atoms with van der Waals surface area (Å²) in [6.45, 7) is 8.35. The van der Waals surface area contributed by atoms with Gasteiger partial charge in [0.15, 0.2) is 0 Å². The minimum atomic E-state index is -0.422. The molecule has 2 rings (SSSR count). The molecule has 0 spiro atoms. The van der Waals surface area contributed by atoms with E-state index in [1.807, 2.05) is 27.7 Å². The lowest BCUT2D eigenvalue weighted by atomic mass is 10.1. The van der Waals surface area contributed by atoms with Crippen LogP contribution in [0.1, 0.15) is 47.0 Å². The molecule has 0 aromatic carbocycles. The maximum Gasteiger partial charge on any atom is 0.323 e. The van der Waals surface area contributed by atoms with Gasteiger partial charge in [-0.3, -0.25) is 10.1 Å². The molecular formula is C14H25NO3. The number of hydrogen-bond donors (Lipinski definition) is 1. The largest absolute Gasteiger partial charge is 0.459 e. The van der Waals surface area contributed by atoms with Crippen LogP contribution in [0.5, 0.6) is 0 Å². The van der Waals surface area contributed by atoms with Crippen molar-refractivity contribution < 1.29 is 14.3 Å². The van der Waals surface area contributed by atoms with Crippen LogP contribution < -0.4 is 5.32 Å². The van der Waals surface area contributed by atoms with Crippen molar-refractivity contribution in [3.05, 3.63) is 0 Å². The summed E-state index contributed by atoms with van der Waals surface area (Å²) >= 11 is 0. The monoisotopic (exact) mass is 255 g/mol. The van der Waals surface area contributed by atoms with Crippen LogP contribution in [-0.2, 0) is 14.3 Å². The van der Waals surface area contributed by atoms with Crippen LogP contribution in [0.15, 0.2) is 0 Å². The van der Waals surface area contributed by atoms with Gasteiger partial charge in [-0.05, 0) is 52.9 Å². The van der Waals surface area contributed by atoms with Gasteiger partial charge in [0.2, 0.25) is 0 Å². The highest BCUT2D eigenvalue weighted by Crippen LogP contribution is 2.38. The fourth-order valence-electron chi connectivity index (χ4n) is 2.46. The Balaban J connectivity index is 1.82. The Kier molecular flexibility index (Phi) is 3.97. The number of esters is 1. The van der Waals surface area contributed by atoms with E-state index < -0.39 is 5.60 Å². The van der Waals surface area contributed by atoms with Gasteiger partial charge in [0.1, 0.15) is 11.6 Å². The van der Waals surface area contributed by atoms with Crippen LogP contribution in [-0.4, -0.2) is 36.4 Å². The minimum absolute atomic E-state index is 0.177. The Labute approximate surface area is 109 Å². The first-order valence-electron chi connectivity index (χ1n) is 6.97. The van der Waals surface area contributed by atoms with E-state index in [0.29, 0.717) is 18.1 Å². The van der Waals surface area contributed by atoms with Gasteiger partial charge in [-0.25, -0.2) is 0 Å². The number of carbonyl (C=O) groups is 1. The van der Waals surface area contributed by atoms with Crippen molar-refractivity contribution in [3.63, 3.8) is 0 Å². The van der Waals surface area contributed by atoms with E-state index in [4.69, 9.17) is 9.47 Å². The van der Waals surface area contributed by atoms with Crippen LogP contribution in [0.25, 0.3) is 0 Å². The molecule has 1 heterocycles. The Morgan fingerprint density at radius 1 is 1.33 bits per heavy atom. The third-order valence-corrected chi connectivity index (χ3v) is 3.45.